The normalized spacial score (nSPS) is 21.5. The third-order valence-electron chi connectivity index (χ3n) is 5.73. The Labute approximate surface area is 159 Å². The summed E-state index contributed by atoms with van der Waals surface area (Å²) in [5, 5.41) is 3.22. The van der Waals surface area contributed by atoms with E-state index in [1.165, 1.54) is 0 Å². The van der Waals surface area contributed by atoms with Crippen molar-refractivity contribution in [1.29, 1.82) is 0 Å². The van der Waals surface area contributed by atoms with Crippen LogP contribution < -0.4 is 10.1 Å². The fourth-order valence-electron chi connectivity index (χ4n) is 4.13. The van der Waals surface area contributed by atoms with Crippen LogP contribution in [0.4, 0.5) is 0 Å². The summed E-state index contributed by atoms with van der Waals surface area (Å²) >= 11 is 0. The summed E-state index contributed by atoms with van der Waals surface area (Å²) in [5.41, 5.74) is 2.51. The number of hydrogen-bond donors (Lipinski definition) is 1. The van der Waals surface area contributed by atoms with Crippen LogP contribution in [-0.4, -0.2) is 42.5 Å². The maximum atomic E-state index is 12.8. The lowest BCUT2D eigenvalue weighted by atomic mass is 9.91. The van der Waals surface area contributed by atoms with Gasteiger partial charge in [-0.2, -0.15) is 0 Å². The molecule has 2 aromatic rings. The highest BCUT2D eigenvalue weighted by molar-refractivity contribution is 5.96. The van der Waals surface area contributed by atoms with Crippen molar-refractivity contribution in [2.45, 2.75) is 31.2 Å². The number of hydrogen-bond acceptors (Lipinski definition) is 3. The van der Waals surface area contributed by atoms with E-state index in [1.54, 1.807) is 7.11 Å². The van der Waals surface area contributed by atoms with Gasteiger partial charge in [0.05, 0.1) is 19.1 Å². The smallest absolute Gasteiger partial charge is 0.252 e. The Morgan fingerprint density at radius 2 is 1.93 bits per heavy atom. The molecule has 0 saturated carbocycles. The highest BCUT2D eigenvalue weighted by Crippen LogP contribution is 2.31. The molecule has 0 bridgehead atoms. The zero-order valence-electron chi connectivity index (χ0n) is 15.5. The fraction of sp³-hybridized carbons (Fsp3) is 0.364. The van der Waals surface area contributed by atoms with Gasteiger partial charge in [0.2, 0.25) is 5.91 Å². The quantitative estimate of drug-likeness (QED) is 0.911. The van der Waals surface area contributed by atoms with Crippen LogP contribution in [0.25, 0.3) is 0 Å². The molecule has 140 valence electrons. The molecule has 0 aliphatic carbocycles. The average Bonchev–Trinajstić information content (AvgIpc) is 3.05. The van der Waals surface area contributed by atoms with Crippen molar-refractivity contribution in [3.05, 3.63) is 65.2 Å². The second kappa shape index (κ2) is 7.06. The van der Waals surface area contributed by atoms with Crippen LogP contribution in [-0.2, 0) is 17.6 Å². The fourth-order valence-corrected chi connectivity index (χ4v) is 4.13. The van der Waals surface area contributed by atoms with Crippen LogP contribution in [0.3, 0.4) is 0 Å². The molecule has 27 heavy (non-hydrogen) atoms. The summed E-state index contributed by atoms with van der Waals surface area (Å²) in [6.45, 7) is 1.27. The van der Waals surface area contributed by atoms with Crippen molar-refractivity contribution < 1.29 is 14.3 Å². The number of nitrogens with zero attached hydrogens (tertiary/aromatic N) is 1. The third kappa shape index (κ3) is 3.54. The molecule has 2 heterocycles. The Hall–Kier alpha value is -2.82. The van der Waals surface area contributed by atoms with E-state index in [2.05, 4.69) is 5.32 Å². The average molecular weight is 364 g/mol. The Morgan fingerprint density at radius 1 is 1.15 bits per heavy atom. The van der Waals surface area contributed by atoms with Crippen LogP contribution in [0.2, 0.25) is 0 Å². The lowest BCUT2D eigenvalue weighted by Crippen LogP contribution is -2.50. The van der Waals surface area contributed by atoms with Gasteiger partial charge >= 0.3 is 0 Å². The molecule has 0 aromatic heterocycles. The number of aryl methyl sites for hydroxylation is 1. The summed E-state index contributed by atoms with van der Waals surface area (Å²) in [6, 6.07) is 15.4. The molecular weight excluding hydrogens is 340 g/mol. The molecule has 1 spiro atoms. The maximum Gasteiger partial charge on any atom is 0.252 e. The number of rotatable bonds is 3. The first kappa shape index (κ1) is 17.6. The molecule has 1 atom stereocenters. The molecule has 2 aliphatic heterocycles. The molecule has 4 rings (SSSR count). The molecule has 5 heteroatoms. The molecule has 0 radical (unpaired) electrons. The standard InChI is InChI=1S/C22H24N2O3/c1-27-18-8-6-16(7-9-18)14-20(25)24-13-12-22(15-24)11-10-17-4-2-3-5-19(17)21(26)23-22/h2-9H,10-15H2,1H3,(H,23,26)/t22-/m0/s1. The summed E-state index contributed by atoms with van der Waals surface area (Å²) in [7, 11) is 1.63. The molecule has 1 saturated heterocycles. The van der Waals surface area contributed by atoms with Crippen LogP contribution >= 0.6 is 0 Å². The van der Waals surface area contributed by atoms with Gasteiger partial charge in [0.1, 0.15) is 5.75 Å². The second-order valence-electron chi connectivity index (χ2n) is 7.48. The number of carbonyl (C=O) groups is 2. The molecule has 5 nitrogen and oxygen atoms in total. The van der Waals surface area contributed by atoms with Gasteiger partial charge in [-0.15, -0.1) is 0 Å². The highest BCUT2D eigenvalue weighted by Gasteiger charge is 2.42. The van der Waals surface area contributed by atoms with E-state index in [1.807, 2.05) is 53.4 Å². The van der Waals surface area contributed by atoms with Crippen molar-refractivity contribution in [2.24, 2.45) is 0 Å². The molecule has 0 unspecified atom stereocenters. The monoisotopic (exact) mass is 364 g/mol. The summed E-state index contributed by atoms with van der Waals surface area (Å²) in [6.07, 6.45) is 2.90. The first-order valence-corrected chi connectivity index (χ1v) is 9.40. The van der Waals surface area contributed by atoms with Crippen LogP contribution in [0.1, 0.15) is 34.3 Å². The lowest BCUT2D eigenvalue weighted by Gasteiger charge is -2.29. The molecular formula is C22H24N2O3. The van der Waals surface area contributed by atoms with Gasteiger partial charge in [-0.25, -0.2) is 0 Å². The van der Waals surface area contributed by atoms with Crippen molar-refractivity contribution in [2.75, 3.05) is 20.2 Å². The summed E-state index contributed by atoms with van der Waals surface area (Å²) in [4.78, 5) is 27.3. The number of benzene rings is 2. The largest absolute Gasteiger partial charge is 0.497 e. The Kier molecular flexibility index (Phi) is 4.60. The molecule has 2 aliphatic rings. The Balaban J connectivity index is 1.43. The number of methoxy groups -OCH3 is 1. The van der Waals surface area contributed by atoms with Crippen LogP contribution in [0.5, 0.6) is 5.75 Å². The van der Waals surface area contributed by atoms with Crippen molar-refractivity contribution >= 4 is 11.8 Å². The molecule has 1 N–H and O–H groups in total. The Bertz CT molecular complexity index is 862. The van der Waals surface area contributed by atoms with E-state index < -0.39 is 0 Å². The topological polar surface area (TPSA) is 58.6 Å². The number of ether oxygens (including phenoxy) is 1. The van der Waals surface area contributed by atoms with Crippen LogP contribution in [0, 0.1) is 0 Å². The zero-order valence-corrected chi connectivity index (χ0v) is 15.5. The van der Waals surface area contributed by atoms with Gasteiger partial charge in [0, 0.05) is 18.7 Å². The van der Waals surface area contributed by atoms with Gasteiger partial charge in [-0.1, -0.05) is 30.3 Å². The van der Waals surface area contributed by atoms with Crippen LogP contribution in [0.15, 0.2) is 48.5 Å². The van der Waals surface area contributed by atoms with Gasteiger partial charge in [-0.3, -0.25) is 9.59 Å². The van der Waals surface area contributed by atoms with Gasteiger partial charge in [0.15, 0.2) is 0 Å². The van der Waals surface area contributed by atoms with E-state index in [-0.39, 0.29) is 17.4 Å². The van der Waals surface area contributed by atoms with Gasteiger partial charge in [0.25, 0.3) is 5.91 Å². The SMILES string of the molecule is COc1ccc(CC(=O)N2CC[C@@]3(CCc4ccccc4C(=O)N3)C2)cc1. The minimum atomic E-state index is -0.314. The minimum Gasteiger partial charge on any atom is -0.497 e. The number of amides is 2. The zero-order chi connectivity index (χ0) is 18.9. The summed E-state index contributed by atoms with van der Waals surface area (Å²) in [5.74, 6) is 0.868. The number of fused-ring (bicyclic) bond motifs is 1. The van der Waals surface area contributed by atoms with E-state index >= 15 is 0 Å². The van der Waals surface area contributed by atoms with E-state index in [4.69, 9.17) is 4.74 Å². The second-order valence-corrected chi connectivity index (χ2v) is 7.48. The minimum absolute atomic E-state index is 0.0208. The van der Waals surface area contributed by atoms with E-state index in [9.17, 15) is 9.59 Å². The van der Waals surface area contributed by atoms with Crippen molar-refractivity contribution in [3.63, 3.8) is 0 Å². The predicted octanol–water partition coefficient (Wildman–Crippen LogP) is 2.59. The first-order valence-electron chi connectivity index (χ1n) is 9.40. The highest BCUT2D eigenvalue weighted by atomic mass is 16.5. The van der Waals surface area contributed by atoms with Gasteiger partial charge in [-0.05, 0) is 48.6 Å². The number of carbonyl (C=O) groups excluding carboxylic acids is 2. The van der Waals surface area contributed by atoms with E-state index in [0.29, 0.717) is 19.5 Å². The molecule has 1 fully saturated rings. The predicted molar refractivity (Wildman–Crippen MR) is 103 cm³/mol. The molecule has 2 aromatic carbocycles. The number of likely N-dealkylation sites (tertiary alicyclic amines) is 1. The van der Waals surface area contributed by atoms with Crippen molar-refractivity contribution in [3.8, 4) is 5.75 Å². The first-order chi connectivity index (χ1) is 13.1. The lowest BCUT2D eigenvalue weighted by molar-refractivity contribution is -0.129. The number of nitrogens with one attached hydrogen (secondary N) is 1. The van der Waals surface area contributed by atoms with E-state index in [0.717, 1.165) is 41.7 Å². The summed E-state index contributed by atoms with van der Waals surface area (Å²) < 4.78 is 5.16. The third-order valence-corrected chi connectivity index (χ3v) is 5.73. The Morgan fingerprint density at radius 3 is 2.70 bits per heavy atom. The maximum absolute atomic E-state index is 12.8. The van der Waals surface area contributed by atoms with Gasteiger partial charge < -0.3 is 15.0 Å². The molecule has 2 amide bonds. The van der Waals surface area contributed by atoms with Crippen molar-refractivity contribution in [1.82, 2.24) is 10.2 Å².